The molecule has 0 aromatic rings. The van der Waals surface area contributed by atoms with Crippen LogP contribution in [0.1, 0.15) is 5.48 Å². The molecule has 0 aliphatic heterocycles. The van der Waals surface area contributed by atoms with Gasteiger partial charge >= 0.3 is 0 Å². The first-order valence-corrected chi connectivity index (χ1v) is 0.678. The van der Waals surface area contributed by atoms with Crippen LogP contribution in [-0.4, -0.2) is 19.6 Å². The van der Waals surface area contributed by atoms with Crippen molar-refractivity contribution in [3.05, 3.63) is 0 Å². The van der Waals surface area contributed by atoms with Crippen molar-refractivity contribution in [3.8, 4) is 0 Å². The van der Waals surface area contributed by atoms with Gasteiger partial charge in [-0.2, -0.15) is 0 Å². The molecule has 2 heteroatoms. The molecular formula is C2H7NO. The fraction of sp³-hybridized carbons (Fsp3) is 1.00. The lowest BCUT2D eigenvalue weighted by Gasteiger charge is -1.71. The molecule has 26 valence electrons. The quantitative estimate of drug-likeness (QED) is 0.442. The topological polar surface area (TPSA) is 46.2 Å². The normalized spacial score (nSPS) is 40.8. The molecule has 0 radical (unpaired) electrons. The van der Waals surface area contributed by atoms with E-state index in [-0.39, 0.29) is 0 Å². The van der Waals surface area contributed by atoms with Crippen molar-refractivity contribution >= 4 is 0 Å². The molecule has 0 spiro atoms. The molecule has 0 saturated heterocycles. The minimum Gasteiger partial charge on any atom is -0.395 e. The molecule has 0 rings (SSSR count). The van der Waals surface area contributed by atoms with Gasteiger partial charge in [0.05, 0.1) is 9.30 Å². The summed E-state index contributed by atoms with van der Waals surface area (Å²) in [5, 5.41) is 3.39. The summed E-state index contributed by atoms with van der Waals surface area (Å²) < 4.78 is 46.0. The van der Waals surface area contributed by atoms with Gasteiger partial charge in [-0.15, -0.1) is 0 Å². The Morgan fingerprint density at radius 3 is 4.00 bits per heavy atom. The van der Waals surface area contributed by atoms with E-state index in [2.05, 4.69) is 5.11 Å². The lowest BCUT2D eigenvalue weighted by Crippen LogP contribution is -2.02. The molecule has 0 aliphatic rings. The fourth-order valence-electron chi connectivity index (χ4n) is 0. The Hall–Kier alpha value is -0.0800. The number of nitrogens with two attached hydrogens (primary N) is 1. The summed E-state index contributed by atoms with van der Waals surface area (Å²) in [6, 6.07) is 0. The minimum atomic E-state index is -2.99. The lowest BCUT2D eigenvalue weighted by atomic mass is 10.8. The highest BCUT2D eigenvalue weighted by molar-refractivity contribution is 4.17. The zero-order valence-corrected chi connectivity index (χ0v) is 1.86. The van der Waals surface area contributed by atoms with Crippen LogP contribution in [0.2, 0.25) is 2.82 Å². The van der Waals surface area contributed by atoms with E-state index in [1.807, 2.05) is 0 Å². The van der Waals surface area contributed by atoms with Crippen LogP contribution in [0.15, 0.2) is 0 Å². The monoisotopic (exact) mass is 68.1 g/mol. The van der Waals surface area contributed by atoms with Crippen molar-refractivity contribution in [1.29, 1.82) is 1.43 Å². The number of hydrogen-bond donors (Lipinski definition) is 2. The molecule has 0 aliphatic carbocycles. The Labute approximate surface area is 35.3 Å². The summed E-state index contributed by atoms with van der Waals surface area (Å²) in [5.41, 5.74) is -0.485. The molecule has 0 atom stereocenters. The summed E-state index contributed by atoms with van der Waals surface area (Å²) in [6.07, 6.45) is 0. The van der Waals surface area contributed by atoms with Crippen LogP contribution < -0.4 is 5.72 Å². The van der Waals surface area contributed by atoms with Crippen LogP contribution in [0.4, 0.5) is 0 Å². The third-order valence-corrected chi connectivity index (χ3v) is 0.0456. The summed E-state index contributed by atoms with van der Waals surface area (Å²) in [5.74, 6) is 0. The van der Waals surface area contributed by atoms with Gasteiger partial charge in [-0.05, 0) is 0 Å². The van der Waals surface area contributed by atoms with Gasteiger partial charge in [0.2, 0.25) is 1.43 Å². The van der Waals surface area contributed by atoms with Gasteiger partial charge < -0.3 is 10.8 Å². The second kappa shape index (κ2) is 2.92. The van der Waals surface area contributed by atoms with E-state index < -0.39 is 18.8 Å². The average Bonchev–Trinajstić information content (AvgIpc) is 1.87. The van der Waals surface area contributed by atoms with Gasteiger partial charge in [0.15, 0.2) is 0 Å². The van der Waals surface area contributed by atoms with Crippen LogP contribution >= 0.6 is 0 Å². The Balaban J connectivity index is 4.53. The summed E-state index contributed by atoms with van der Waals surface area (Å²) in [7, 11) is 0. The number of aliphatic hydroxyl groups is 1. The van der Waals surface area contributed by atoms with Gasteiger partial charge in [0.25, 0.3) is 0 Å². The second-order valence-corrected chi connectivity index (χ2v) is 0.214. The molecule has 0 unspecified atom stereocenters. The molecule has 4 heavy (non-hydrogen) atoms. The maximum absolute atomic E-state index is 6.78. The van der Waals surface area contributed by atoms with Crippen LogP contribution in [0, 0.1) is 0 Å². The minimum absolute atomic E-state index is 0.485. The summed E-state index contributed by atoms with van der Waals surface area (Å²) >= 11 is 0. The first-order chi connectivity index (χ1) is 4.75. The van der Waals surface area contributed by atoms with Gasteiger partial charge in [0.1, 0.15) is 2.82 Å². The zero-order valence-electron chi connectivity index (χ0n) is 8.86. The molecule has 0 amide bonds. The van der Waals surface area contributed by atoms with Crippen molar-refractivity contribution < 1.29 is 13.4 Å². The molecule has 0 aromatic heterocycles. The third kappa shape index (κ3) is 1.92. The summed E-state index contributed by atoms with van der Waals surface area (Å²) in [4.78, 5) is 0. The molecule has 0 aromatic carbocycles. The Bertz CT molecular complexity index is 134. The maximum atomic E-state index is 6.78. The Morgan fingerprint density at radius 2 is 3.75 bits per heavy atom. The van der Waals surface area contributed by atoms with Crippen molar-refractivity contribution in [1.82, 2.24) is 0 Å². The Kier molecular flexibility index (Phi) is 0.248. The zero-order chi connectivity index (χ0) is 9.28. The van der Waals surface area contributed by atoms with Crippen molar-refractivity contribution in [3.63, 3.8) is 0 Å². The SMILES string of the molecule is [2H]OC([2H])([2H])C([2H])([2H])N([2H])[2H]. The van der Waals surface area contributed by atoms with E-state index in [0.717, 1.165) is 0 Å². The predicted molar refractivity (Wildman–Crippen MR) is 16.1 cm³/mol. The van der Waals surface area contributed by atoms with Crippen LogP contribution in [0.3, 0.4) is 0 Å². The van der Waals surface area contributed by atoms with Gasteiger partial charge in [-0.1, -0.05) is 0 Å². The summed E-state index contributed by atoms with van der Waals surface area (Å²) in [6.45, 7) is -5.95. The largest absolute Gasteiger partial charge is 0.395 e. The molecule has 0 heterocycles. The van der Waals surface area contributed by atoms with Crippen molar-refractivity contribution in [2.75, 3.05) is 13.1 Å². The van der Waals surface area contributed by atoms with Gasteiger partial charge in [-0.25, -0.2) is 0 Å². The molecule has 3 N–H and O–H groups in total. The van der Waals surface area contributed by atoms with Crippen molar-refractivity contribution in [2.45, 2.75) is 0 Å². The van der Waals surface area contributed by atoms with E-state index >= 15 is 0 Å². The van der Waals surface area contributed by atoms with E-state index in [0.29, 0.717) is 0 Å². The van der Waals surface area contributed by atoms with Crippen LogP contribution in [-0.2, 0) is 0 Å². The fourth-order valence-corrected chi connectivity index (χ4v) is 0. The number of hydrogen-bond acceptors (Lipinski definition) is 2. The maximum Gasteiger partial charge on any atom is 0.210 e. The third-order valence-electron chi connectivity index (χ3n) is 0.0456. The lowest BCUT2D eigenvalue weighted by molar-refractivity contribution is 0.306. The predicted octanol–water partition coefficient (Wildman–Crippen LogP) is -1.06. The highest BCUT2D eigenvalue weighted by Crippen LogP contribution is 1.33. The van der Waals surface area contributed by atoms with Crippen LogP contribution in [0.25, 0.3) is 0 Å². The van der Waals surface area contributed by atoms with E-state index in [4.69, 9.17) is 9.74 Å². The molecule has 0 fully saturated rings. The first kappa shape index (κ1) is 0.340. The Morgan fingerprint density at radius 1 is 2.75 bits per heavy atom. The van der Waals surface area contributed by atoms with Crippen molar-refractivity contribution in [2.24, 2.45) is 5.72 Å². The highest BCUT2D eigenvalue weighted by atomic mass is 16.3. The van der Waals surface area contributed by atoms with Gasteiger partial charge in [-0.3, -0.25) is 0 Å². The van der Waals surface area contributed by atoms with E-state index in [1.165, 1.54) is 0 Å². The average molecular weight is 68.1 g/mol. The number of rotatable bonds is 3. The highest BCUT2D eigenvalue weighted by Gasteiger charge is 1.56. The molecular weight excluding hydrogens is 54.0 g/mol. The van der Waals surface area contributed by atoms with Crippen LogP contribution in [0.5, 0.6) is 0 Å². The smallest absolute Gasteiger partial charge is 0.210 e. The van der Waals surface area contributed by atoms with E-state index in [1.54, 1.807) is 0 Å². The second-order valence-electron chi connectivity index (χ2n) is 0.214. The van der Waals surface area contributed by atoms with Gasteiger partial charge in [0, 0.05) is 9.24 Å². The first-order valence-electron chi connectivity index (χ1n) is 3.98. The molecule has 0 saturated carbocycles. The van der Waals surface area contributed by atoms with E-state index in [9.17, 15) is 0 Å². The molecule has 2 nitrogen and oxygen atoms in total. The standard InChI is InChI=1S/C2H7NO/c3-1-2-4/h4H,1-3H2/i1D2,2D2,4D/hD2. The molecule has 0 bridgehead atoms.